The first-order valence-corrected chi connectivity index (χ1v) is 8.98. The van der Waals surface area contributed by atoms with Crippen LogP contribution in [0.2, 0.25) is 0 Å². The highest BCUT2D eigenvalue weighted by atomic mass is 32.1. The van der Waals surface area contributed by atoms with Gasteiger partial charge in [-0.2, -0.15) is 0 Å². The molecule has 5 heteroatoms. The van der Waals surface area contributed by atoms with Crippen LogP contribution in [0.4, 0.5) is 5.13 Å². The van der Waals surface area contributed by atoms with Crippen LogP contribution in [0.15, 0.2) is 0 Å². The van der Waals surface area contributed by atoms with Gasteiger partial charge in [-0.05, 0) is 33.1 Å². The first kappa shape index (κ1) is 16.7. The van der Waals surface area contributed by atoms with Crippen molar-refractivity contribution >= 4 is 16.5 Å². The Bertz CT molecular complexity index is 431. The van der Waals surface area contributed by atoms with Crippen molar-refractivity contribution in [1.82, 2.24) is 10.3 Å². The summed E-state index contributed by atoms with van der Waals surface area (Å²) in [5.74, 6) is 0.713. The monoisotopic (exact) mass is 311 g/mol. The minimum atomic E-state index is 0.558. The second-order valence-corrected chi connectivity index (χ2v) is 6.85. The smallest absolute Gasteiger partial charge is 0.186 e. The Morgan fingerprint density at radius 1 is 1.43 bits per heavy atom. The summed E-state index contributed by atoms with van der Waals surface area (Å²) in [5, 5.41) is 4.67. The Hall–Kier alpha value is -0.650. The molecule has 2 rings (SSSR count). The third kappa shape index (κ3) is 4.41. The Morgan fingerprint density at radius 3 is 2.76 bits per heavy atom. The first-order valence-electron chi connectivity index (χ1n) is 8.17. The summed E-state index contributed by atoms with van der Waals surface area (Å²) in [6.45, 7) is 10.4. The molecule has 1 atom stereocenters. The topological polar surface area (TPSA) is 37.4 Å². The molecule has 1 aliphatic rings. The second kappa shape index (κ2) is 8.11. The van der Waals surface area contributed by atoms with Crippen LogP contribution in [0.25, 0.3) is 0 Å². The van der Waals surface area contributed by atoms with Gasteiger partial charge in [-0.1, -0.05) is 6.92 Å². The lowest BCUT2D eigenvalue weighted by atomic mass is 10.2. The number of rotatable bonds is 10. The summed E-state index contributed by atoms with van der Waals surface area (Å²) in [4.78, 5) is 8.85. The van der Waals surface area contributed by atoms with Gasteiger partial charge in [-0.15, -0.1) is 11.3 Å². The maximum atomic E-state index is 5.09. The molecule has 1 aliphatic carbocycles. The molecule has 0 saturated heterocycles. The normalized spacial score (nSPS) is 16.2. The van der Waals surface area contributed by atoms with Crippen LogP contribution >= 0.6 is 11.3 Å². The minimum absolute atomic E-state index is 0.558. The maximum Gasteiger partial charge on any atom is 0.186 e. The van der Waals surface area contributed by atoms with Crippen molar-refractivity contribution in [3.05, 3.63) is 10.6 Å². The van der Waals surface area contributed by atoms with Gasteiger partial charge in [-0.25, -0.2) is 4.98 Å². The van der Waals surface area contributed by atoms with Gasteiger partial charge in [0.1, 0.15) is 0 Å². The number of anilines is 1. The summed E-state index contributed by atoms with van der Waals surface area (Å²) in [6, 6.07) is 0.558. The molecular formula is C16H29N3OS. The molecule has 0 aromatic carbocycles. The van der Waals surface area contributed by atoms with E-state index < -0.39 is 0 Å². The zero-order chi connectivity index (χ0) is 15.2. The first-order chi connectivity index (χ1) is 10.2. The molecule has 1 N–H and O–H groups in total. The lowest BCUT2D eigenvalue weighted by Gasteiger charge is -2.26. The number of nitrogens with one attached hydrogen (secondary N) is 1. The summed E-state index contributed by atoms with van der Waals surface area (Å²) in [5.41, 5.74) is 1.35. The van der Waals surface area contributed by atoms with Crippen LogP contribution in [-0.4, -0.2) is 37.8 Å². The van der Waals surface area contributed by atoms with Gasteiger partial charge in [0.2, 0.25) is 0 Å². The molecule has 0 bridgehead atoms. The highest BCUT2D eigenvalue weighted by Gasteiger charge is 2.30. The van der Waals surface area contributed by atoms with Crippen molar-refractivity contribution < 1.29 is 4.74 Å². The van der Waals surface area contributed by atoms with Crippen molar-refractivity contribution in [2.75, 3.05) is 31.7 Å². The van der Waals surface area contributed by atoms with E-state index in [9.17, 15) is 0 Å². The van der Waals surface area contributed by atoms with Crippen molar-refractivity contribution in [2.24, 2.45) is 0 Å². The molecule has 1 aromatic heterocycles. The van der Waals surface area contributed by atoms with Crippen LogP contribution in [0.1, 0.15) is 56.5 Å². The molecule has 120 valence electrons. The second-order valence-electron chi connectivity index (χ2n) is 5.79. The van der Waals surface area contributed by atoms with Gasteiger partial charge in [0.25, 0.3) is 0 Å². The standard InChI is InChI=1S/C16H29N3OS/c1-5-12(3)19(6-2)16-18-15(13-7-8-13)14(21-16)11-17-9-10-20-4/h12-13,17H,5-11H2,1-4H3. The Kier molecular flexibility index (Phi) is 6.45. The molecule has 1 heterocycles. The van der Waals surface area contributed by atoms with E-state index in [0.717, 1.165) is 32.7 Å². The molecule has 21 heavy (non-hydrogen) atoms. The van der Waals surface area contributed by atoms with Crippen molar-refractivity contribution in [3.63, 3.8) is 0 Å². The summed E-state index contributed by atoms with van der Waals surface area (Å²) < 4.78 is 5.09. The lowest BCUT2D eigenvalue weighted by Crippen LogP contribution is -2.32. The van der Waals surface area contributed by atoms with E-state index in [0.29, 0.717) is 12.0 Å². The van der Waals surface area contributed by atoms with Crippen molar-refractivity contribution in [3.8, 4) is 0 Å². The van der Waals surface area contributed by atoms with Crippen molar-refractivity contribution in [1.29, 1.82) is 0 Å². The zero-order valence-corrected chi connectivity index (χ0v) is 14.6. The average molecular weight is 311 g/mol. The SMILES string of the molecule is CCC(C)N(CC)c1nc(C2CC2)c(CNCCOC)s1. The molecule has 0 aliphatic heterocycles. The van der Waals surface area contributed by atoms with Crippen LogP contribution in [0, 0.1) is 0 Å². The summed E-state index contributed by atoms with van der Waals surface area (Å²) >= 11 is 1.87. The van der Waals surface area contributed by atoms with Gasteiger partial charge < -0.3 is 15.0 Å². The molecular weight excluding hydrogens is 282 g/mol. The van der Waals surface area contributed by atoms with E-state index in [-0.39, 0.29) is 0 Å². The average Bonchev–Trinajstić information content (AvgIpc) is 3.26. The van der Waals surface area contributed by atoms with Gasteiger partial charge in [0, 0.05) is 43.6 Å². The van der Waals surface area contributed by atoms with Crippen LogP contribution in [0.5, 0.6) is 0 Å². The number of thiazole rings is 1. The van der Waals surface area contributed by atoms with Crippen LogP contribution in [-0.2, 0) is 11.3 Å². The Morgan fingerprint density at radius 2 is 2.19 bits per heavy atom. The van der Waals surface area contributed by atoms with Gasteiger partial charge >= 0.3 is 0 Å². The minimum Gasteiger partial charge on any atom is -0.383 e. The van der Waals surface area contributed by atoms with Gasteiger partial charge in [-0.3, -0.25) is 0 Å². The highest BCUT2D eigenvalue weighted by molar-refractivity contribution is 7.15. The van der Waals surface area contributed by atoms with E-state index >= 15 is 0 Å². The summed E-state index contributed by atoms with van der Waals surface area (Å²) in [6.07, 6.45) is 3.78. The van der Waals surface area contributed by atoms with E-state index in [4.69, 9.17) is 9.72 Å². The third-order valence-corrected chi connectivity index (χ3v) is 5.27. The van der Waals surface area contributed by atoms with Gasteiger partial charge in [0.15, 0.2) is 5.13 Å². The molecule has 4 nitrogen and oxygen atoms in total. The Labute approximate surface area is 132 Å². The van der Waals surface area contributed by atoms with Crippen LogP contribution < -0.4 is 10.2 Å². The molecule has 0 spiro atoms. The van der Waals surface area contributed by atoms with Crippen LogP contribution in [0.3, 0.4) is 0 Å². The highest BCUT2D eigenvalue weighted by Crippen LogP contribution is 2.44. The number of ether oxygens (including phenoxy) is 1. The molecule has 1 unspecified atom stereocenters. The fraction of sp³-hybridized carbons (Fsp3) is 0.812. The van der Waals surface area contributed by atoms with E-state index in [1.165, 1.54) is 28.5 Å². The largest absolute Gasteiger partial charge is 0.383 e. The Balaban J connectivity index is 2.08. The van der Waals surface area contributed by atoms with E-state index in [1.807, 2.05) is 11.3 Å². The number of methoxy groups -OCH3 is 1. The van der Waals surface area contributed by atoms with Gasteiger partial charge in [0.05, 0.1) is 12.3 Å². The number of nitrogens with zero attached hydrogens (tertiary/aromatic N) is 2. The molecule has 1 fully saturated rings. The van der Waals surface area contributed by atoms with E-state index in [1.54, 1.807) is 7.11 Å². The number of hydrogen-bond acceptors (Lipinski definition) is 5. The number of aromatic nitrogens is 1. The van der Waals surface area contributed by atoms with Crippen molar-refractivity contribution in [2.45, 2.75) is 58.5 Å². The predicted octanol–water partition coefficient (Wildman–Crippen LogP) is 3.38. The number of hydrogen-bond donors (Lipinski definition) is 1. The molecule has 1 saturated carbocycles. The third-order valence-electron chi connectivity index (χ3n) is 4.16. The molecule has 0 radical (unpaired) electrons. The lowest BCUT2D eigenvalue weighted by molar-refractivity contribution is 0.199. The van der Waals surface area contributed by atoms with E-state index in [2.05, 4.69) is 31.0 Å². The fourth-order valence-electron chi connectivity index (χ4n) is 2.51. The predicted molar refractivity (Wildman–Crippen MR) is 90.4 cm³/mol. The quantitative estimate of drug-likeness (QED) is 0.672. The summed E-state index contributed by atoms with van der Waals surface area (Å²) in [7, 11) is 1.74. The molecule has 1 aromatic rings. The zero-order valence-electron chi connectivity index (χ0n) is 13.8. The maximum absolute atomic E-state index is 5.09. The molecule has 0 amide bonds. The fourth-order valence-corrected chi connectivity index (χ4v) is 3.79.